The van der Waals surface area contributed by atoms with Crippen LogP contribution >= 0.6 is 0 Å². The molecule has 0 saturated carbocycles. The van der Waals surface area contributed by atoms with E-state index in [9.17, 15) is 19.2 Å². The number of carbonyl (C=O) groups excluding carboxylic acids is 2. The molecule has 2 amide bonds. The van der Waals surface area contributed by atoms with Gasteiger partial charge in [-0.2, -0.15) is 0 Å². The Hall–Kier alpha value is -5.25. The maximum atomic E-state index is 13.7. The number of rotatable bonds is 10. The molecule has 0 aliphatic carbocycles. The van der Waals surface area contributed by atoms with E-state index in [0.29, 0.717) is 6.54 Å². The summed E-state index contributed by atoms with van der Waals surface area (Å²) in [5.74, 6) is -0.764. The predicted octanol–water partition coefficient (Wildman–Crippen LogP) is 4.19. The predicted molar refractivity (Wildman–Crippen MR) is 166 cm³/mol. The van der Waals surface area contributed by atoms with Crippen LogP contribution in [0, 0.1) is 5.92 Å². The largest absolute Gasteiger partial charge is 0.345 e. The van der Waals surface area contributed by atoms with Crippen LogP contribution < -0.4 is 21.9 Å². The quantitative estimate of drug-likeness (QED) is 0.258. The average Bonchev–Trinajstić information content (AvgIpc) is 3.41. The molecule has 43 heavy (non-hydrogen) atoms. The van der Waals surface area contributed by atoms with Gasteiger partial charge in [-0.1, -0.05) is 86.6 Å². The molecule has 1 atom stereocenters. The van der Waals surface area contributed by atoms with Crippen molar-refractivity contribution in [3.05, 3.63) is 129 Å². The third-order valence-electron chi connectivity index (χ3n) is 7.12. The molecule has 5 rings (SSSR count). The molecule has 1 unspecified atom stereocenters. The number of carbonyl (C=O) groups is 2. The van der Waals surface area contributed by atoms with Gasteiger partial charge in [0, 0.05) is 6.54 Å². The lowest BCUT2D eigenvalue weighted by Gasteiger charge is -2.17. The number of para-hydroxylation sites is 1. The number of hydrogen-bond acceptors (Lipinski definition) is 5. The van der Waals surface area contributed by atoms with Gasteiger partial charge >= 0.3 is 5.69 Å². The van der Waals surface area contributed by atoms with Crippen LogP contribution in [0.1, 0.15) is 48.3 Å². The Labute approximate surface area is 248 Å². The number of imidazole rings is 1. The summed E-state index contributed by atoms with van der Waals surface area (Å²) in [6, 6.07) is 25.3. The van der Waals surface area contributed by atoms with Crippen molar-refractivity contribution in [2.75, 3.05) is 5.32 Å². The molecule has 0 spiro atoms. The zero-order valence-corrected chi connectivity index (χ0v) is 24.4. The minimum Gasteiger partial charge on any atom is -0.345 e. The number of benzene rings is 3. The number of amides is 2. The molecule has 2 N–H and O–H groups in total. The highest BCUT2D eigenvalue weighted by atomic mass is 16.2. The Morgan fingerprint density at radius 1 is 0.837 bits per heavy atom. The van der Waals surface area contributed by atoms with Gasteiger partial charge in [0.05, 0.1) is 30.2 Å². The minimum absolute atomic E-state index is 0.180. The highest BCUT2D eigenvalue weighted by molar-refractivity contribution is 6.03. The van der Waals surface area contributed by atoms with E-state index in [1.165, 1.54) is 4.57 Å². The number of nitrogens with one attached hydrogen (secondary N) is 2. The number of anilines is 1. The summed E-state index contributed by atoms with van der Waals surface area (Å²) in [7, 11) is 0. The van der Waals surface area contributed by atoms with Crippen LogP contribution in [0.25, 0.3) is 11.2 Å². The molecular formula is C33H34N6O4. The molecule has 0 aliphatic rings. The van der Waals surface area contributed by atoms with Gasteiger partial charge in [-0.05, 0) is 36.1 Å². The lowest BCUT2D eigenvalue weighted by Crippen LogP contribution is -2.43. The topological polar surface area (TPSA) is 120 Å². The normalized spacial score (nSPS) is 11.9. The van der Waals surface area contributed by atoms with E-state index in [0.717, 1.165) is 15.7 Å². The molecule has 0 fully saturated rings. The minimum atomic E-state index is -0.644. The molecule has 220 valence electrons. The highest BCUT2D eigenvalue weighted by Crippen LogP contribution is 2.18. The van der Waals surface area contributed by atoms with Gasteiger partial charge in [0.2, 0.25) is 5.91 Å². The van der Waals surface area contributed by atoms with Gasteiger partial charge in [-0.3, -0.25) is 19.0 Å². The second-order valence-corrected chi connectivity index (χ2v) is 10.9. The van der Waals surface area contributed by atoms with Crippen LogP contribution in [0.2, 0.25) is 0 Å². The van der Waals surface area contributed by atoms with E-state index < -0.39 is 23.7 Å². The molecule has 2 heterocycles. The van der Waals surface area contributed by atoms with Crippen LogP contribution in [0.15, 0.2) is 101 Å². The first-order chi connectivity index (χ1) is 20.7. The van der Waals surface area contributed by atoms with Crippen molar-refractivity contribution in [2.24, 2.45) is 5.92 Å². The second-order valence-electron chi connectivity index (χ2n) is 10.9. The Balaban J connectivity index is 1.45. The zero-order valence-electron chi connectivity index (χ0n) is 24.4. The number of fused-ring (bicyclic) bond motifs is 1. The maximum absolute atomic E-state index is 13.7. The SMILES string of the molecule is CC(C)Cn1cnc2c1c(=O)n(CC(=O)Nc1ccccc1C(=O)NC(C)c1ccccc1)c(=O)n2Cc1ccccc1. The third-order valence-corrected chi connectivity index (χ3v) is 7.12. The first kappa shape index (κ1) is 29.2. The fourth-order valence-corrected chi connectivity index (χ4v) is 5.04. The standard InChI is InChI=1S/C33H34N6O4/c1-22(2)18-37-21-34-30-29(37)32(42)39(33(43)38(30)19-24-12-6-4-7-13-24)20-28(40)36-27-17-11-10-16-26(27)31(41)35-23(3)25-14-8-5-9-15-25/h4-17,21-23H,18-20H2,1-3H3,(H,35,41)(H,36,40). The molecule has 10 heteroatoms. The summed E-state index contributed by atoms with van der Waals surface area (Å²) in [4.78, 5) is 58.3. The molecule has 0 bridgehead atoms. The van der Waals surface area contributed by atoms with E-state index in [4.69, 9.17) is 0 Å². The van der Waals surface area contributed by atoms with Gasteiger partial charge in [-0.15, -0.1) is 0 Å². The van der Waals surface area contributed by atoms with E-state index in [2.05, 4.69) is 15.6 Å². The van der Waals surface area contributed by atoms with Gasteiger partial charge in [0.15, 0.2) is 11.2 Å². The molecule has 5 aromatic rings. The fraction of sp³-hybridized carbons (Fsp3) is 0.242. The van der Waals surface area contributed by atoms with Crippen LogP contribution in [0.4, 0.5) is 5.69 Å². The monoisotopic (exact) mass is 578 g/mol. The summed E-state index contributed by atoms with van der Waals surface area (Å²) in [5, 5.41) is 5.69. The summed E-state index contributed by atoms with van der Waals surface area (Å²) in [6.07, 6.45) is 1.56. The van der Waals surface area contributed by atoms with Crippen molar-refractivity contribution in [1.82, 2.24) is 24.0 Å². The van der Waals surface area contributed by atoms with Crippen molar-refractivity contribution in [2.45, 2.75) is 46.4 Å². The summed E-state index contributed by atoms with van der Waals surface area (Å²) < 4.78 is 4.08. The van der Waals surface area contributed by atoms with Crippen LogP contribution in [0.3, 0.4) is 0 Å². The first-order valence-corrected chi connectivity index (χ1v) is 14.2. The molecule has 3 aromatic carbocycles. The van der Waals surface area contributed by atoms with Crippen molar-refractivity contribution in [3.8, 4) is 0 Å². The van der Waals surface area contributed by atoms with Gasteiger partial charge in [0.1, 0.15) is 6.54 Å². The van der Waals surface area contributed by atoms with Gasteiger partial charge in [0.25, 0.3) is 11.5 Å². The van der Waals surface area contributed by atoms with E-state index in [-0.39, 0.29) is 46.8 Å². The third kappa shape index (κ3) is 6.48. The van der Waals surface area contributed by atoms with Crippen LogP contribution in [0.5, 0.6) is 0 Å². The summed E-state index contributed by atoms with van der Waals surface area (Å²) in [6.45, 7) is 6.08. The van der Waals surface area contributed by atoms with Crippen molar-refractivity contribution in [3.63, 3.8) is 0 Å². The highest BCUT2D eigenvalue weighted by Gasteiger charge is 2.22. The van der Waals surface area contributed by atoms with Crippen LogP contribution in [-0.2, 0) is 24.4 Å². The van der Waals surface area contributed by atoms with Crippen molar-refractivity contribution >= 4 is 28.7 Å². The Kier molecular flexibility index (Phi) is 8.66. The van der Waals surface area contributed by atoms with E-state index in [1.54, 1.807) is 35.2 Å². The van der Waals surface area contributed by atoms with Gasteiger partial charge in [-0.25, -0.2) is 14.3 Å². The van der Waals surface area contributed by atoms with Crippen LogP contribution in [-0.4, -0.2) is 30.5 Å². The number of nitrogens with zero attached hydrogens (tertiary/aromatic N) is 4. The molecule has 2 aromatic heterocycles. The molecule has 10 nitrogen and oxygen atoms in total. The first-order valence-electron chi connectivity index (χ1n) is 14.2. The number of aromatic nitrogens is 4. The Morgan fingerprint density at radius 3 is 2.19 bits per heavy atom. The zero-order chi connectivity index (χ0) is 30.5. The summed E-state index contributed by atoms with van der Waals surface area (Å²) in [5.41, 5.74) is 1.61. The molecule has 0 saturated heterocycles. The van der Waals surface area contributed by atoms with E-state index >= 15 is 0 Å². The summed E-state index contributed by atoms with van der Waals surface area (Å²) >= 11 is 0. The Bertz CT molecular complexity index is 1870. The lowest BCUT2D eigenvalue weighted by atomic mass is 10.1. The average molecular weight is 579 g/mol. The Morgan fingerprint density at radius 2 is 1.49 bits per heavy atom. The van der Waals surface area contributed by atoms with Gasteiger partial charge < -0.3 is 15.2 Å². The fourth-order valence-electron chi connectivity index (χ4n) is 5.04. The van der Waals surface area contributed by atoms with Crippen molar-refractivity contribution < 1.29 is 9.59 Å². The second kappa shape index (κ2) is 12.7. The molecular weight excluding hydrogens is 544 g/mol. The smallest absolute Gasteiger partial charge is 0.333 e. The maximum Gasteiger partial charge on any atom is 0.333 e. The van der Waals surface area contributed by atoms with E-state index in [1.807, 2.05) is 81.4 Å². The number of hydrogen-bond donors (Lipinski definition) is 2. The van der Waals surface area contributed by atoms with Crippen molar-refractivity contribution in [1.29, 1.82) is 0 Å². The lowest BCUT2D eigenvalue weighted by molar-refractivity contribution is -0.116. The molecule has 0 radical (unpaired) electrons. The molecule has 0 aliphatic heterocycles.